The van der Waals surface area contributed by atoms with Gasteiger partial charge in [0.25, 0.3) is 0 Å². The molecular formula is C19H24N2O. The van der Waals surface area contributed by atoms with Crippen LogP contribution in [-0.2, 0) is 13.2 Å². The molecule has 1 saturated heterocycles. The Morgan fingerprint density at radius 2 is 1.73 bits per heavy atom. The Morgan fingerprint density at radius 1 is 1.00 bits per heavy atom. The van der Waals surface area contributed by atoms with Crippen molar-refractivity contribution in [1.82, 2.24) is 4.90 Å². The fourth-order valence-corrected chi connectivity index (χ4v) is 2.91. The molecule has 2 N–H and O–H groups in total. The normalized spacial score (nSPS) is 21.9. The van der Waals surface area contributed by atoms with Crippen molar-refractivity contribution in [3.8, 4) is 5.75 Å². The quantitative estimate of drug-likeness (QED) is 0.921. The van der Waals surface area contributed by atoms with E-state index < -0.39 is 0 Å². The Kier molecular flexibility index (Phi) is 4.76. The molecule has 0 aromatic heterocycles. The van der Waals surface area contributed by atoms with E-state index in [1.807, 2.05) is 18.2 Å². The predicted octanol–water partition coefficient (Wildman–Crippen LogP) is 3.04. The zero-order valence-corrected chi connectivity index (χ0v) is 13.1. The highest BCUT2D eigenvalue weighted by Gasteiger charge is 2.26. The van der Waals surface area contributed by atoms with Crippen molar-refractivity contribution in [1.29, 1.82) is 0 Å². The second-order valence-corrected chi connectivity index (χ2v) is 6.25. The zero-order chi connectivity index (χ0) is 15.4. The van der Waals surface area contributed by atoms with Gasteiger partial charge in [-0.1, -0.05) is 49.4 Å². The van der Waals surface area contributed by atoms with Crippen molar-refractivity contribution < 1.29 is 4.74 Å². The smallest absolute Gasteiger partial charge is 0.119 e. The van der Waals surface area contributed by atoms with Crippen LogP contribution < -0.4 is 10.5 Å². The van der Waals surface area contributed by atoms with Gasteiger partial charge in [0.2, 0.25) is 0 Å². The molecule has 0 amide bonds. The number of nitrogens with zero attached hydrogens (tertiary/aromatic N) is 1. The van der Waals surface area contributed by atoms with Gasteiger partial charge in [0.1, 0.15) is 12.4 Å². The first-order valence-electron chi connectivity index (χ1n) is 7.94. The van der Waals surface area contributed by atoms with Gasteiger partial charge in [0.05, 0.1) is 0 Å². The van der Waals surface area contributed by atoms with Crippen molar-refractivity contribution in [3.63, 3.8) is 0 Å². The molecule has 3 heteroatoms. The number of rotatable bonds is 5. The van der Waals surface area contributed by atoms with Crippen molar-refractivity contribution in [3.05, 3.63) is 65.7 Å². The lowest BCUT2D eigenvalue weighted by atomic mass is 10.1. The van der Waals surface area contributed by atoms with Crippen molar-refractivity contribution in [2.45, 2.75) is 26.1 Å². The van der Waals surface area contributed by atoms with Gasteiger partial charge in [0.15, 0.2) is 0 Å². The lowest BCUT2D eigenvalue weighted by molar-refractivity contribution is 0.304. The highest BCUT2D eigenvalue weighted by molar-refractivity contribution is 5.28. The van der Waals surface area contributed by atoms with Crippen molar-refractivity contribution >= 4 is 0 Å². The van der Waals surface area contributed by atoms with Crippen LogP contribution in [0.2, 0.25) is 0 Å². The molecule has 1 fully saturated rings. The number of hydrogen-bond acceptors (Lipinski definition) is 3. The number of hydrogen-bond donors (Lipinski definition) is 1. The summed E-state index contributed by atoms with van der Waals surface area (Å²) in [5.41, 5.74) is 8.58. The summed E-state index contributed by atoms with van der Waals surface area (Å²) in [5.74, 6) is 1.51. The first-order valence-corrected chi connectivity index (χ1v) is 7.94. The van der Waals surface area contributed by atoms with Gasteiger partial charge in [-0.3, -0.25) is 4.90 Å². The molecule has 116 valence electrons. The largest absolute Gasteiger partial charge is 0.489 e. The summed E-state index contributed by atoms with van der Waals surface area (Å²) in [6.45, 7) is 5.89. The molecule has 3 rings (SSSR count). The summed E-state index contributed by atoms with van der Waals surface area (Å²) in [4.78, 5) is 2.43. The third-order valence-electron chi connectivity index (χ3n) is 4.32. The molecular weight excluding hydrogens is 272 g/mol. The average molecular weight is 296 g/mol. The highest BCUT2D eigenvalue weighted by atomic mass is 16.5. The molecule has 2 atom stereocenters. The Balaban J connectivity index is 1.52. The van der Waals surface area contributed by atoms with Crippen molar-refractivity contribution in [2.24, 2.45) is 11.7 Å². The summed E-state index contributed by atoms with van der Waals surface area (Å²) < 4.78 is 5.82. The van der Waals surface area contributed by atoms with Crippen LogP contribution in [0.4, 0.5) is 0 Å². The van der Waals surface area contributed by atoms with Crippen LogP contribution in [0.15, 0.2) is 54.6 Å². The van der Waals surface area contributed by atoms with Crippen LogP contribution >= 0.6 is 0 Å². The second kappa shape index (κ2) is 6.95. The minimum atomic E-state index is 0.313. The summed E-state index contributed by atoms with van der Waals surface area (Å²) in [6, 6.07) is 18.9. The summed E-state index contributed by atoms with van der Waals surface area (Å²) in [5, 5.41) is 0. The van der Waals surface area contributed by atoms with E-state index in [0.717, 1.165) is 25.4 Å². The van der Waals surface area contributed by atoms with Gasteiger partial charge in [0, 0.05) is 25.7 Å². The SMILES string of the molecule is CC1CN(Cc2ccc(OCc3ccccc3)cc2)CC1N. The predicted molar refractivity (Wildman–Crippen MR) is 89.6 cm³/mol. The fraction of sp³-hybridized carbons (Fsp3) is 0.368. The maximum atomic E-state index is 6.08. The first-order chi connectivity index (χ1) is 10.7. The molecule has 2 aromatic carbocycles. The van der Waals surface area contributed by atoms with Gasteiger partial charge in [-0.05, 0) is 29.2 Å². The molecule has 0 spiro atoms. The lowest BCUT2D eigenvalue weighted by Crippen LogP contribution is -2.28. The molecule has 1 aliphatic heterocycles. The van der Waals surface area contributed by atoms with Gasteiger partial charge >= 0.3 is 0 Å². The van der Waals surface area contributed by atoms with E-state index in [4.69, 9.17) is 10.5 Å². The maximum Gasteiger partial charge on any atom is 0.119 e. The van der Waals surface area contributed by atoms with E-state index in [9.17, 15) is 0 Å². The Bertz CT molecular complexity index is 572. The summed E-state index contributed by atoms with van der Waals surface area (Å²) in [7, 11) is 0. The van der Waals surface area contributed by atoms with E-state index in [-0.39, 0.29) is 0 Å². The maximum absolute atomic E-state index is 6.08. The minimum absolute atomic E-state index is 0.313. The zero-order valence-electron chi connectivity index (χ0n) is 13.1. The number of benzene rings is 2. The minimum Gasteiger partial charge on any atom is -0.489 e. The number of nitrogens with two attached hydrogens (primary N) is 1. The standard InChI is InChI=1S/C19H24N2O/c1-15-11-21(13-19(15)20)12-16-7-9-18(10-8-16)22-14-17-5-3-2-4-6-17/h2-10,15,19H,11-14,20H2,1H3. The van der Waals surface area contributed by atoms with Crippen LogP contribution in [-0.4, -0.2) is 24.0 Å². The van der Waals surface area contributed by atoms with E-state index in [2.05, 4.69) is 48.2 Å². The van der Waals surface area contributed by atoms with Crippen molar-refractivity contribution in [2.75, 3.05) is 13.1 Å². The monoisotopic (exact) mass is 296 g/mol. The molecule has 2 unspecified atom stereocenters. The van der Waals surface area contributed by atoms with E-state index in [1.54, 1.807) is 0 Å². The Labute approximate surface area is 132 Å². The molecule has 0 aliphatic carbocycles. The third-order valence-corrected chi connectivity index (χ3v) is 4.32. The van der Waals surface area contributed by atoms with Gasteiger partial charge < -0.3 is 10.5 Å². The second-order valence-electron chi connectivity index (χ2n) is 6.25. The molecule has 2 aromatic rings. The van der Waals surface area contributed by atoms with Crippen LogP contribution in [0, 0.1) is 5.92 Å². The van der Waals surface area contributed by atoms with E-state index in [0.29, 0.717) is 18.6 Å². The van der Waals surface area contributed by atoms with Crippen LogP contribution in [0.5, 0.6) is 5.75 Å². The van der Waals surface area contributed by atoms with Crippen LogP contribution in [0.3, 0.4) is 0 Å². The van der Waals surface area contributed by atoms with Crippen LogP contribution in [0.25, 0.3) is 0 Å². The molecule has 3 nitrogen and oxygen atoms in total. The first kappa shape index (κ1) is 15.1. The Morgan fingerprint density at radius 3 is 2.36 bits per heavy atom. The molecule has 1 aliphatic rings. The van der Waals surface area contributed by atoms with E-state index in [1.165, 1.54) is 11.1 Å². The molecule has 0 bridgehead atoms. The molecule has 0 saturated carbocycles. The van der Waals surface area contributed by atoms with Crippen LogP contribution in [0.1, 0.15) is 18.1 Å². The topological polar surface area (TPSA) is 38.5 Å². The molecule has 1 heterocycles. The summed E-state index contributed by atoms with van der Waals surface area (Å²) in [6.07, 6.45) is 0. The fourth-order valence-electron chi connectivity index (χ4n) is 2.91. The number of likely N-dealkylation sites (tertiary alicyclic amines) is 1. The highest BCUT2D eigenvalue weighted by Crippen LogP contribution is 2.19. The Hall–Kier alpha value is -1.84. The van der Waals surface area contributed by atoms with Gasteiger partial charge in [-0.15, -0.1) is 0 Å². The number of ether oxygens (including phenoxy) is 1. The average Bonchev–Trinajstić information content (AvgIpc) is 2.85. The lowest BCUT2D eigenvalue weighted by Gasteiger charge is -2.15. The van der Waals surface area contributed by atoms with E-state index >= 15 is 0 Å². The summed E-state index contributed by atoms with van der Waals surface area (Å²) >= 11 is 0. The molecule has 22 heavy (non-hydrogen) atoms. The third kappa shape index (κ3) is 3.87. The van der Waals surface area contributed by atoms with Gasteiger partial charge in [-0.25, -0.2) is 0 Å². The molecule has 0 radical (unpaired) electrons. The van der Waals surface area contributed by atoms with Gasteiger partial charge in [-0.2, -0.15) is 0 Å².